The van der Waals surface area contributed by atoms with Crippen molar-refractivity contribution in [2.24, 2.45) is 0 Å². The van der Waals surface area contributed by atoms with Gasteiger partial charge in [-0.2, -0.15) is 9.78 Å². The summed E-state index contributed by atoms with van der Waals surface area (Å²) in [6, 6.07) is 3.76. The second-order valence-corrected chi connectivity index (χ2v) is 4.99. The molecule has 2 N–H and O–H groups in total. The normalized spacial score (nSPS) is 10.8. The molecule has 2 rings (SSSR count). The molecule has 0 aliphatic carbocycles. The van der Waals surface area contributed by atoms with Crippen molar-refractivity contribution in [1.82, 2.24) is 19.7 Å². The van der Waals surface area contributed by atoms with Gasteiger partial charge in [-0.1, -0.05) is 6.92 Å². The fourth-order valence-corrected chi connectivity index (χ4v) is 2.19. The number of aryl methyl sites for hydroxylation is 2. The minimum Gasteiger partial charge on any atom is -0.383 e. The molecule has 2 heterocycles. The van der Waals surface area contributed by atoms with Gasteiger partial charge in [-0.05, 0) is 25.7 Å². The smallest absolute Gasteiger partial charge is 0.252 e. The van der Waals surface area contributed by atoms with Gasteiger partial charge >= 0.3 is 0 Å². The minimum absolute atomic E-state index is 0.531. The molecule has 0 aliphatic heterocycles. The van der Waals surface area contributed by atoms with Crippen LogP contribution in [-0.2, 0) is 0 Å². The lowest BCUT2D eigenvalue weighted by Crippen LogP contribution is -2.08. The lowest BCUT2D eigenvalue weighted by atomic mass is 10.4. The van der Waals surface area contributed by atoms with E-state index < -0.39 is 0 Å². The van der Waals surface area contributed by atoms with Gasteiger partial charge in [0, 0.05) is 17.5 Å². The van der Waals surface area contributed by atoms with E-state index in [1.807, 2.05) is 26.0 Å². The summed E-state index contributed by atoms with van der Waals surface area (Å²) >= 11 is 1.65. The van der Waals surface area contributed by atoms with Gasteiger partial charge in [0.05, 0.1) is 0 Å². The van der Waals surface area contributed by atoms with E-state index in [-0.39, 0.29) is 0 Å². The van der Waals surface area contributed by atoms with E-state index in [9.17, 15) is 0 Å². The van der Waals surface area contributed by atoms with Gasteiger partial charge in [0.1, 0.15) is 10.8 Å². The molecule has 6 heteroatoms. The molecule has 0 unspecified atom stereocenters. The van der Waals surface area contributed by atoms with E-state index in [2.05, 4.69) is 22.0 Å². The highest BCUT2D eigenvalue weighted by Gasteiger charge is 2.10. The van der Waals surface area contributed by atoms with Gasteiger partial charge in [-0.3, -0.25) is 0 Å². The number of nitrogens with two attached hydrogens (primary N) is 1. The molecule has 2 aromatic heterocycles. The van der Waals surface area contributed by atoms with Gasteiger partial charge in [0.25, 0.3) is 5.95 Å². The maximum absolute atomic E-state index is 5.91. The number of hydrogen-bond donors (Lipinski definition) is 1. The van der Waals surface area contributed by atoms with Crippen LogP contribution in [0.4, 0.5) is 5.82 Å². The van der Waals surface area contributed by atoms with Crippen LogP contribution in [-0.4, -0.2) is 25.5 Å². The second kappa shape index (κ2) is 4.75. The third kappa shape index (κ3) is 2.58. The summed E-state index contributed by atoms with van der Waals surface area (Å²) in [7, 11) is 0. The summed E-state index contributed by atoms with van der Waals surface area (Å²) in [6.07, 6.45) is 0. The number of hydrogen-bond acceptors (Lipinski definition) is 5. The second-order valence-electron chi connectivity index (χ2n) is 3.70. The lowest BCUT2D eigenvalue weighted by Gasteiger charge is -2.04. The number of rotatable bonds is 3. The minimum atomic E-state index is 0.531. The van der Waals surface area contributed by atoms with Crippen LogP contribution in [0.25, 0.3) is 5.95 Å². The maximum atomic E-state index is 5.91. The first-order chi connectivity index (χ1) is 8.10. The third-order valence-electron chi connectivity index (χ3n) is 2.17. The molecular formula is C11H15N5S. The molecule has 0 aliphatic rings. The monoisotopic (exact) mass is 249 g/mol. The van der Waals surface area contributed by atoms with Crippen molar-refractivity contribution in [3.8, 4) is 5.95 Å². The summed E-state index contributed by atoms with van der Waals surface area (Å²) in [6.45, 7) is 5.94. The van der Waals surface area contributed by atoms with Crippen molar-refractivity contribution >= 4 is 17.6 Å². The van der Waals surface area contributed by atoms with Crippen molar-refractivity contribution < 1.29 is 0 Å². The van der Waals surface area contributed by atoms with E-state index >= 15 is 0 Å². The maximum Gasteiger partial charge on any atom is 0.252 e. The predicted octanol–water partition coefficient (Wildman–Crippen LogP) is 1.97. The van der Waals surface area contributed by atoms with E-state index in [0.29, 0.717) is 11.8 Å². The standard InChI is InChI=1S/C11H15N5S/c1-4-17-10-6-9(12)16(15-10)11-13-7(2)5-8(3)14-11/h5-6H,4,12H2,1-3H3. The third-order valence-corrected chi connectivity index (χ3v) is 2.95. The quantitative estimate of drug-likeness (QED) is 0.842. The molecule has 0 saturated carbocycles. The fraction of sp³-hybridized carbons (Fsp3) is 0.364. The Morgan fingerprint density at radius 3 is 2.47 bits per heavy atom. The molecule has 5 nitrogen and oxygen atoms in total. The highest BCUT2D eigenvalue weighted by Crippen LogP contribution is 2.20. The molecule has 2 aromatic rings. The Hall–Kier alpha value is -1.56. The molecule has 0 aromatic carbocycles. The number of anilines is 1. The number of aromatic nitrogens is 4. The van der Waals surface area contributed by atoms with E-state index in [1.54, 1.807) is 16.4 Å². The van der Waals surface area contributed by atoms with Crippen molar-refractivity contribution in [3.63, 3.8) is 0 Å². The highest BCUT2D eigenvalue weighted by atomic mass is 32.2. The Labute approximate surface area is 104 Å². The molecule has 0 saturated heterocycles. The average molecular weight is 249 g/mol. The molecule has 17 heavy (non-hydrogen) atoms. The topological polar surface area (TPSA) is 69.6 Å². The van der Waals surface area contributed by atoms with Crippen molar-refractivity contribution in [3.05, 3.63) is 23.5 Å². The van der Waals surface area contributed by atoms with Crippen LogP contribution in [0.15, 0.2) is 17.2 Å². The van der Waals surface area contributed by atoms with Gasteiger partial charge in [-0.25, -0.2) is 9.97 Å². The molecule has 0 amide bonds. The van der Waals surface area contributed by atoms with Gasteiger partial charge < -0.3 is 5.73 Å². The van der Waals surface area contributed by atoms with Crippen molar-refractivity contribution in [1.29, 1.82) is 0 Å². The molecule has 0 radical (unpaired) electrons. The van der Waals surface area contributed by atoms with Crippen LogP contribution in [0.1, 0.15) is 18.3 Å². The summed E-state index contributed by atoms with van der Waals surface area (Å²) in [5.41, 5.74) is 7.73. The first kappa shape index (κ1) is 11.9. The van der Waals surface area contributed by atoms with E-state index in [4.69, 9.17) is 5.73 Å². The van der Waals surface area contributed by atoms with Crippen LogP contribution in [0, 0.1) is 13.8 Å². The number of nitrogen functional groups attached to an aromatic ring is 1. The summed E-state index contributed by atoms with van der Waals surface area (Å²) in [5, 5.41) is 5.28. The highest BCUT2D eigenvalue weighted by molar-refractivity contribution is 7.99. The summed E-state index contributed by atoms with van der Waals surface area (Å²) < 4.78 is 1.58. The largest absolute Gasteiger partial charge is 0.383 e. The zero-order valence-corrected chi connectivity index (χ0v) is 11.0. The molecule has 0 spiro atoms. The van der Waals surface area contributed by atoms with Gasteiger partial charge in [-0.15, -0.1) is 11.8 Å². The first-order valence-corrected chi connectivity index (χ1v) is 6.39. The fourth-order valence-electron chi connectivity index (χ4n) is 1.55. The molecule has 0 atom stereocenters. The Kier molecular flexibility index (Phi) is 3.33. The predicted molar refractivity (Wildman–Crippen MR) is 69.4 cm³/mol. The Morgan fingerprint density at radius 2 is 1.88 bits per heavy atom. The van der Waals surface area contributed by atoms with Crippen LogP contribution >= 0.6 is 11.8 Å². The van der Waals surface area contributed by atoms with E-state index in [0.717, 1.165) is 22.2 Å². The number of nitrogens with zero attached hydrogens (tertiary/aromatic N) is 4. The van der Waals surface area contributed by atoms with Gasteiger partial charge in [0.15, 0.2) is 0 Å². The SMILES string of the molecule is CCSc1cc(N)n(-c2nc(C)cc(C)n2)n1. The Morgan fingerprint density at radius 1 is 1.24 bits per heavy atom. The zero-order chi connectivity index (χ0) is 12.4. The summed E-state index contributed by atoms with van der Waals surface area (Å²) in [5.74, 6) is 2.05. The van der Waals surface area contributed by atoms with Crippen molar-refractivity contribution in [2.75, 3.05) is 11.5 Å². The Bertz CT molecular complexity index is 514. The van der Waals surface area contributed by atoms with E-state index in [1.165, 1.54) is 0 Å². The van der Waals surface area contributed by atoms with Crippen molar-refractivity contribution in [2.45, 2.75) is 25.8 Å². The zero-order valence-electron chi connectivity index (χ0n) is 10.1. The molecular weight excluding hydrogens is 234 g/mol. The van der Waals surface area contributed by atoms with Crippen LogP contribution < -0.4 is 5.73 Å². The lowest BCUT2D eigenvalue weighted by molar-refractivity contribution is 0.775. The molecule has 0 bridgehead atoms. The van der Waals surface area contributed by atoms with Crippen LogP contribution in [0.2, 0.25) is 0 Å². The Balaban J connectivity index is 2.44. The first-order valence-electron chi connectivity index (χ1n) is 5.41. The average Bonchev–Trinajstić information content (AvgIpc) is 2.58. The number of thioether (sulfide) groups is 1. The van der Waals surface area contributed by atoms with Crippen LogP contribution in [0.3, 0.4) is 0 Å². The van der Waals surface area contributed by atoms with Gasteiger partial charge in [0.2, 0.25) is 0 Å². The molecule has 90 valence electrons. The summed E-state index contributed by atoms with van der Waals surface area (Å²) in [4.78, 5) is 8.68. The van der Waals surface area contributed by atoms with Crippen LogP contribution in [0.5, 0.6) is 0 Å². The molecule has 0 fully saturated rings.